The average Bonchev–Trinajstić information content (AvgIpc) is 2.89. The van der Waals surface area contributed by atoms with Crippen molar-refractivity contribution in [3.63, 3.8) is 0 Å². The summed E-state index contributed by atoms with van der Waals surface area (Å²) in [5.41, 5.74) is 1.18. The summed E-state index contributed by atoms with van der Waals surface area (Å²) < 4.78 is 29.5. The van der Waals surface area contributed by atoms with Gasteiger partial charge in [0.15, 0.2) is 0 Å². The molecular weight excluding hydrogens is 526 g/mol. The van der Waals surface area contributed by atoms with Crippen molar-refractivity contribution in [1.82, 2.24) is 14.1 Å². The van der Waals surface area contributed by atoms with Crippen molar-refractivity contribution in [2.75, 3.05) is 39.3 Å². The molecule has 2 fully saturated rings. The summed E-state index contributed by atoms with van der Waals surface area (Å²) in [4.78, 5) is 17.7. The van der Waals surface area contributed by atoms with Crippen LogP contribution >= 0.6 is 15.9 Å². The van der Waals surface area contributed by atoms with Gasteiger partial charge in [0.25, 0.3) is 0 Å². The molecule has 8 heteroatoms. The minimum Gasteiger partial charge on any atom is -0.339 e. The van der Waals surface area contributed by atoms with E-state index in [1.165, 1.54) is 9.87 Å². The fourth-order valence-corrected chi connectivity index (χ4v) is 6.74. The second-order valence-corrected chi connectivity index (χ2v) is 12.1. The van der Waals surface area contributed by atoms with Crippen molar-refractivity contribution < 1.29 is 13.2 Å². The van der Waals surface area contributed by atoms with Crippen LogP contribution in [0, 0.1) is 0 Å². The minimum absolute atomic E-state index is 0.0863. The van der Waals surface area contributed by atoms with Crippen molar-refractivity contribution >= 4 is 37.9 Å². The molecule has 1 heterocycles. The van der Waals surface area contributed by atoms with Gasteiger partial charge in [0.05, 0.1) is 11.4 Å². The first-order valence-corrected chi connectivity index (χ1v) is 14.7. The maximum absolute atomic E-state index is 13.6. The van der Waals surface area contributed by atoms with Crippen LogP contribution in [0.1, 0.15) is 37.7 Å². The van der Waals surface area contributed by atoms with Crippen molar-refractivity contribution in [3.8, 4) is 0 Å². The van der Waals surface area contributed by atoms with Gasteiger partial charge in [0.1, 0.15) is 0 Å². The van der Waals surface area contributed by atoms with Gasteiger partial charge in [0.2, 0.25) is 15.9 Å². The fraction of sp³-hybridized carbons (Fsp3) is 0.444. The lowest BCUT2D eigenvalue weighted by molar-refractivity contribution is -0.133. The highest BCUT2D eigenvalue weighted by Gasteiger charge is 2.35. The third-order valence-electron chi connectivity index (χ3n) is 6.89. The van der Waals surface area contributed by atoms with Crippen molar-refractivity contribution in [1.29, 1.82) is 0 Å². The van der Waals surface area contributed by atoms with Crippen LogP contribution in [0.3, 0.4) is 0 Å². The smallest absolute Gasteiger partial charge is 0.243 e. The molecule has 0 radical (unpaired) electrons. The predicted molar refractivity (Wildman–Crippen MR) is 143 cm³/mol. The summed E-state index contributed by atoms with van der Waals surface area (Å²) in [6.45, 7) is 3.56. The van der Waals surface area contributed by atoms with Crippen molar-refractivity contribution in [2.45, 2.75) is 43.0 Å². The van der Waals surface area contributed by atoms with E-state index in [9.17, 15) is 13.2 Å². The van der Waals surface area contributed by atoms with Gasteiger partial charge in [-0.1, -0.05) is 77.7 Å². The number of benzene rings is 2. The number of carbonyl (C=O) groups excluding carboxylic acids is 1. The minimum atomic E-state index is -3.75. The Bertz CT molecular complexity index is 1090. The predicted octanol–water partition coefficient (Wildman–Crippen LogP) is 4.63. The number of halogens is 1. The Labute approximate surface area is 217 Å². The Morgan fingerprint density at radius 2 is 1.60 bits per heavy atom. The fourth-order valence-electron chi connectivity index (χ4n) is 4.84. The highest BCUT2D eigenvalue weighted by atomic mass is 79.9. The molecule has 0 atom stereocenters. The topological polar surface area (TPSA) is 60.9 Å². The Morgan fingerprint density at radius 3 is 2.26 bits per heavy atom. The molecule has 0 unspecified atom stereocenters. The van der Waals surface area contributed by atoms with E-state index in [2.05, 4.69) is 45.1 Å². The number of sulfonamides is 1. The van der Waals surface area contributed by atoms with Gasteiger partial charge >= 0.3 is 0 Å². The van der Waals surface area contributed by atoms with Crippen LogP contribution in [-0.4, -0.2) is 73.7 Å². The molecular formula is C27H34BrN3O3S. The molecule has 0 spiro atoms. The largest absolute Gasteiger partial charge is 0.339 e. The molecule has 1 amide bonds. The molecule has 0 bridgehead atoms. The van der Waals surface area contributed by atoms with Gasteiger partial charge in [-0.2, -0.15) is 4.31 Å². The zero-order chi connectivity index (χ0) is 24.7. The first-order chi connectivity index (χ1) is 16.9. The number of hydrogen-bond donors (Lipinski definition) is 0. The third-order valence-corrected chi connectivity index (χ3v) is 9.33. The highest BCUT2D eigenvalue weighted by molar-refractivity contribution is 9.10. The Morgan fingerprint density at radius 1 is 0.943 bits per heavy atom. The standard InChI is InChI=1S/C27H34BrN3O3S/c28-24-13-15-26(16-14-24)35(33,34)31(25-11-5-2-6-12-25)22-27(32)30-20-18-29(19-21-30)17-7-10-23-8-3-1-4-9-23/h1,3-4,7-10,13-16,25H,2,5-6,11-12,17-22H2/b10-7+. The lowest BCUT2D eigenvalue weighted by atomic mass is 9.95. The molecule has 1 aliphatic heterocycles. The molecule has 2 aromatic rings. The normalized spacial score (nSPS) is 18.4. The molecule has 2 aromatic carbocycles. The first kappa shape index (κ1) is 26.1. The Kier molecular flexibility index (Phi) is 9.16. The van der Waals surface area contributed by atoms with E-state index >= 15 is 0 Å². The molecule has 1 aliphatic carbocycles. The highest BCUT2D eigenvalue weighted by Crippen LogP contribution is 2.28. The number of carbonyl (C=O) groups is 1. The van der Waals surface area contributed by atoms with Crippen LogP contribution in [0.15, 0.2) is 70.0 Å². The summed E-state index contributed by atoms with van der Waals surface area (Å²) >= 11 is 3.37. The number of nitrogens with zero attached hydrogens (tertiary/aromatic N) is 3. The van der Waals surface area contributed by atoms with E-state index in [0.717, 1.165) is 56.2 Å². The van der Waals surface area contributed by atoms with Gasteiger partial charge in [-0.05, 0) is 42.7 Å². The van der Waals surface area contributed by atoms with E-state index in [1.54, 1.807) is 24.3 Å². The van der Waals surface area contributed by atoms with Crippen LogP contribution in [-0.2, 0) is 14.8 Å². The maximum Gasteiger partial charge on any atom is 0.243 e. The van der Waals surface area contributed by atoms with Gasteiger partial charge in [-0.25, -0.2) is 8.42 Å². The summed E-state index contributed by atoms with van der Waals surface area (Å²) in [6.07, 6.45) is 9.02. The number of rotatable bonds is 8. The second-order valence-electron chi connectivity index (χ2n) is 9.29. The van der Waals surface area contributed by atoms with Crippen LogP contribution in [0.5, 0.6) is 0 Å². The lowest BCUT2D eigenvalue weighted by Gasteiger charge is -2.37. The number of piperazine rings is 1. The summed E-state index contributed by atoms with van der Waals surface area (Å²) in [6, 6.07) is 16.8. The van der Waals surface area contributed by atoms with E-state index in [0.29, 0.717) is 13.1 Å². The van der Waals surface area contributed by atoms with E-state index in [4.69, 9.17) is 0 Å². The molecule has 2 aliphatic rings. The molecule has 0 aromatic heterocycles. The lowest BCUT2D eigenvalue weighted by Crippen LogP contribution is -2.53. The average molecular weight is 561 g/mol. The van der Waals surface area contributed by atoms with E-state index in [1.807, 2.05) is 23.1 Å². The van der Waals surface area contributed by atoms with E-state index < -0.39 is 10.0 Å². The molecule has 4 rings (SSSR count). The Balaban J connectivity index is 1.37. The summed E-state index contributed by atoms with van der Waals surface area (Å²) in [5, 5.41) is 0. The van der Waals surface area contributed by atoms with E-state index in [-0.39, 0.29) is 23.4 Å². The third kappa shape index (κ3) is 7.03. The van der Waals surface area contributed by atoms with Crippen molar-refractivity contribution in [3.05, 3.63) is 70.7 Å². The Hall–Kier alpha value is -2.00. The second kappa shape index (κ2) is 12.3. The van der Waals surface area contributed by atoms with Crippen LogP contribution < -0.4 is 0 Å². The van der Waals surface area contributed by atoms with Gasteiger partial charge in [-0.3, -0.25) is 9.69 Å². The van der Waals surface area contributed by atoms with Gasteiger partial charge in [-0.15, -0.1) is 0 Å². The maximum atomic E-state index is 13.6. The van der Waals surface area contributed by atoms with Crippen molar-refractivity contribution in [2.24, 2.45) is 0 Å². The molecule has 1 saturated carbocycles. The zero-order valence-electron chi connectivity index (χ0n) is 20.1. The van der Waals surface area contributed by atoms with Crippen LogP contribution in [0.4, 0.5) is 0 Å². The van der Waals surface area contributed by atoms with Crippen LogP contribution in [0.25, 0.3) is 6.08 Å². The van der Waals surface area contributed by atoms with Gasteiger partial charge < -0.3 is 4.90 Å². The quantitative estimate of drug-likeness (QED) is 0.473. The summed E-state index contributed by atoms with van der Waals surface area (Å²) in [5.74, 6) is -0.101. The monoisotopic (exact) mass is 559 g/mol. The van der Waals surface area contributed by atoms with Gasteiger partial charge in [0, 0.05) is 43.2 Å². The molecule has 0 N–H and O–H groups in total. The molecule has 188 valence electrons. The number of hydrogen-bond acceptors (Lipinski definition) is 4. The SMILES string of the molecule is O=C(CN(C1CCCCC1)S(=O)(=O)c1ccc(Br)cc1)N1CCN(C/C=C/c2ccccc2)CC1. The summed E-state index contributed by atoms with van der Waals surface area (Å²) in [7, 11) is -3.75. The molecule has 1 saturated heterocycles. The zero-order valence-corrected chi connectivity index (χ0v) is 22.5. The van der Waals surface area contributed by atoms with Crippen LogP contribution in [0.2, 0.25) is 0 Å². The first-order valence-electron chi connectivity index (χ1n) is 12.4. The number of amides is 1. The molecule has 6 nitrogen and oxygen atoms in total. The molecule has 35 heavy (non-hydrogen) atoms.